The van der Waals surface area contributed by atoms with Gasteiger partial charge in [0.25, 0.3) is 0 Å². The van der Waals surface area contributed by atoms with E-state index in [1.54, 1.807) is 11.8 Å². The molecule has 0 atom stereocenters. The average Bonchev–Trinajstić information content (AvgIpc) is 3.16. The van der Waals surface area contributed by atoms with Gasteiger partial charge in [-0.1, -0.05) is 29.5 Å². The minimum Gasteiger partial charge on any atom is -0.497 e. The van der Waals surface area contributed by atoms with E-state index in [2.05, 4.69) is 22.4 Å². The molecule has 1 aromatic heterocycles. The summed E-state index contributed by atoms with van der Waals surface area (Å²) in [5, 5.41) is 8.26. The molecule has 0 saturated carbocycles. The second-order valence-electron chi connectivity index (χ2n) is 7.45. The maximum Gasteiger partial charge on any atom is 0.244 e. The SMILES string of the molecule is COc1ccc(CCC2CCN(C(=O)Cn3nnc4ccccc43)CC2)cc1. The standard InChI is InChI=1S/C22H26N4O2/c1-28-19-10-8-17(9-11-19)6-7-18-12-14-25(15-13-18)22(27)16-26-21-5-3-2-4-20(21)23-24-26/h2-5,8-11,18H,6-7,12-16H2,1H3. The van der Waals surface area contributed by atoms with E-state index in [1.165, 1.54) is 12.0 Å². The molecule has 1 amide bonds. The Balaban J connectivity index is 1.25. The maximum atomic E-state index is 12.7. The van der Waals surface area contributed by atoms with Gasteiger partial charge in [0.2, 0.25) is 5.91 Å². The molecular formula is C22H26N4O2. The van der Waals surface area contributed by atoms with Crippen molar-refractivity contribution < 1.29 is 9.53 Å². The van der Waals surface area contributed by atoms with Gasteiger partial charge < -0.3 is 9.64 Å². The molecule has 2 heterocycles. The zero-order chi connectivity index (χ0) is 19.3. The van der Waals surface area contributed by atoms with Gasteiger partial charge in [-0.05, 0) is 61.4 Å². The van der Waals surface area contributed by atoms with Crippen LogP contribution >= 0.6 is 0 Å². The number of methoxy groups -OCH3 is 1. The van der Waals surface area contributed by atoms with E-state index < -0.39 is 0 Å². The number of benzene rings is 2. The van der Waals surface area contributed by atoms with Crippen molar-refractivity contribution in [3.05, 3.63) is 54.1 Å². The highest BCUT2D eigenvalue weighted by Gasteiger charge is 2.23. The number of carbonyl (C=O) groups is 1. The number of ether oxygens (including phenoxy) is 1. The van der Waals surface area contributed by atoms with Crippen molar-refractivity contribution in [1.82, 2.24) is 19.9 Å². The van der Waals surface area contributed by atoms with Crippen LogP contribution in [-0.4, -0.2) is 46.0 Å². The molecule has 1 aliphatic heterocycles. The number of hydrogen-bond donors (Lipinski definition) is 0. The summed E-state index contributed by atoms with van der Waals surface area (Å²) in [5.74, 6) is 1.71. The van der Waals surface area contributed by atoms with E-state index in [-0.39, 0.29) is 12.5 Å². The first-order valence-corrected chi connectivity index (χ1v) is 9.92. The van der Waals surface area contributed by atoms with Crippen molar-refractivity contribution in [3.63, 3.8) is 0 Å². The largest absolute Gasteiger partial charge is 0.497 e. The Morgan fingerprint density at radius 3 is 2.61 bits per heavy atom. The highest BCUT2D eigenvalue weighted by Crippen LogP contribution is 2.23. The van der Waals surface area contributed by atoms with Crippen molar-refractivity contribution >= 4 is 16.9 Å². The zero-order valence-corrected chi connectivity index (χ0v) is 16.3. The van der Waals surface area contributed by atoms with Crippen LogP contribution in [0.4, 0.5) is 0 Å². The molecule has 6 heteroatoms. The second-order valence-corrected chi connectivity index (χ2v) is 7.45. The first-order valence-electron chi connectivity index (χ1n) is 9.92. The van der Waals surface area contributed by atoms with Gasteiger partial charge in [0.1, 0.15) is 17.8 Å². The summed E-state index contributed by atoms with van der Waals surface area (Å²) in [6, 6.07) is 16.1. The van der Waals surface area contributed by atoms with Crippen molar-refractivity contribution in [2.75, 3.05) is 20.2 Å². The van der Waals surface area contributed by atoms with Crippen molar-refractivity contribution in [3.8, 4) is 5.75 Å². The Labute approximate surface area is 165 Å². The topological polar surface area (TPSA) is 60.2 Å². The van der Waals surface area contributed by atoms with Crippen LogP contribution in [0.25, 0.3) is 11.0 Å². The van der Waals surface area contributed by atoms with E-state index in [0.717, 1.165) is 49.1 Å². The molecule has 2 aromatic carbocycles. The van der Waals surface area contributed by atoms with Crippen molar-refractivity contribution in [2.24, 2.45) is 5.92 Å². The molecule has 0 spiro atoms. The summed E-state index contributed by atoms with van der Waals surface area (Å²) < 4.78 is 6.91. The lowest BCUT2D eigenvalue weighted by Crippen LogP contribution is -2.40. The number of likely N-dealkylation sites (tertiary alicyclic amines) is 1. The van der Waals surface area contributed by atoms with Gasteiger partial charge in [-0.25, -0.2) is 4.68 Å². The third kappa shape index (κ3) is 4.16. The summed E-state index contributed by atoms with van der Waals surface area (Å²) >= 11 is 0. The van der Waals surface area contributed by atoms with E-state index in [0.29, 0.717) is 5.92 Å². The monoisotopic (exact) mass is 378 g/mol. The van der Waals surface area contributed by atoms with E-state index in [9.17, 15) is 4.79 Å². The number of piperidine rings is 1. The molecular weight excluding hydrogens is 352 g/mol. The predicted octanol–water partition coefficient (Wildman–Crippen LogP) is 3.31. The predicted molar refractivity (Wildman–Crippen MR) is 108 cm³/mol. The number of rotatable bonds is 6. The van der Waals surface area contributed by atoms with Gasteiger partial charge in [0.15, 0.2) is 0 Å². The number of hydrogen-bond acceptors (Lipinski definition) is 4. The number of aryl methyl sites for hydroxylation is 1. The first kappa shape index (κ1) is 18.5. The molecule has 0 bridgehead atoms. The second kappa shape index (κ2) is 8.42. The molecule has 6 nitrogen and oxygen atoms in total. The molecule has 4 rings (SSSR count). The normalized spacial score (nSPS) is 15.1. The summed E-state index contributed by atoms with van der Waals surface area (Å²) in [6.45, 7) is 1.93. The van der Waals surface area contributed by atoms with Gasteiger partial charge in [-0.2, -0.15) is 0 Å². The van der Waals surface area contributed by atoms with Crippen LogP contribution in [0, 0.1) is 5.92 Å². The summed E-state index contributed by atoms with van der Waals surface area (Å²) in [4.78, 5) is 14.7. The van der Waals surface area contributed by atoms with E-state index >= 15 is 0 Å². The van der Waals surface area contributed by atoms with Crippen LogP contribution in [0.3, 0.4) is 0 Å². The number of amides is 1. The molecule has 0 radical (unpaired) electrons. The van der Waals surface area contributed by atoms with Crippen molar-refractivity contribution in [2.45, 2.75) is 32.2 Å². The van der Waals surface area contributed by atoms with Gasteiger partial charge >= 0.3 is 0 Å². The summed E-state index contributed by atoms with van der Waals surface area (Å²) in [7, 11) is 1.69. The highest BCUT2D eigenvalue weighted by atomic mass is 16.5. The molecule has 0 aliphatic carbocycles. The van der Waals surface area contributed by atoms with Crippen LogP contribution in [0.2, 0.25) is 0 Å². The van der Waals surface area contributed by atoms with E-state index in [1.807, 2.05) is 41.3 Å². The van der Waals surface area contributed by atoms with Crippen LogP contribution < -0.4 is 4.74 Å². The zero-order valence-electron chi connectivity index (χ0n) is 16.3. The van der Waals surface area contributed by atoms with Gasteiger partial charge in [0, 0.05) is 13.1 Å². The minimum atomic E-state index is 0.129. The quantitative estimate of drug-likeness (QED) is 0.660. The molecule has 1 saturated heterocycles. The Morgan fingerprint density at radius 2 is 1.86 bits per heavy atom. The summed E-state index contributed by atoms with van der Waals surface area (Å²) in [5.41, 5.74) is 3.08. The molecule has 0 unspecified atom stereocenters. The average molecular weight is 378 g/mol. The van der Waals surface area contributed by atoms with Gasteiger partial charge in [-0.15, -0.1) is 5.10 Å². The third-order valence-corrected chi connectivity index (χ3v) is 5.67. The maximum absolute atomic E-state index is 12.7. The lowest BCUT2D eigenvalue weighted by atomic mass is 9.90. The molecule has 28 heavy (non-hydrogen) atoms. The van der Waals surface area contributed by atoms with Crippen LogP contribution in [0.1, 0.15) is 24.8 Å². The number of nitrogens with zero attached hydrogens (tertiary/aromatic N) is 4. The highest BCUT2D eigenvalue weighted by molar-refractivity contribution is 5.79. The fraction of sp³-hybridized carbons (Fsp3) is 0.409. The Hall–Kier alpha value is -2.89. The van der Waals surface area contributed by atoms with Gasteiger partial charge in [0.05, 0.1) is 12.6 Å². The molecule has 146 valence electrons. The van der Waals surface area contributed by atoms with Crippen LogP contribution in [0.15, 0.2) is 48.5 Å². The Kier molecular flexibility index (Phi) is 5.55. The van der Waals surface area contributed by atoms with Crippen LogP contribution in [-0.2, 0) is 17.8 Å². The molecule has 0 N–H and O–H groups in total. The Morgan fingerprint density at radius 1 is 1.11 bits per heavy atom. The fourth-order valence-electron chi connectivity index (χ4n) is 3.90. The lowest BCUT2D eigenvalue weighted by molar-refractivity contribution is -0.133. The van der Waals surface area contributed by atoms with Crippen LogP contribution in [0.5, 0.6) is 5.75 Å². The summed E-state index contributed by atoms with van der Waals surface area (Å²) in [6.07, 6.45) is 4.38. The Bertz CT molecular complexity index is 927. The minimum absolute atomic E-state index is 0.129. The molecule has 1 fully saturated rings. The number of para-hydroxylation sites is 1. The van der Waals surface area contributed by atoms with Gasteiger partial charge in [-0.3, -0.25) is 4.79 Å². The number of aromatic nitrogens is 3. The number of fused-ring (bicyclic) bond motifs is 1. The molecule has 1 aliphatic rings. The fourth-order valence-corrected chi connectivity index (χ4v) is 3.90. The molecule has 3 aromatic rings. The van der Waals surface area contributed by atoms with E-state index in [4.69, 9.17) is 4.74 Å². The lowest BCUT2D eigenvalue weighted by Gasteiger charge is -2.32. The van der Waals surface area contributed by atoms with Crippen molar-refractivity contribution in [1.29, 1.82) is 0 Å². The smallest absolute Gasteiger partial charge is 0.244 e. The first-order chi connectivity index (χ1) is 13.7. The third-order valence-electron chi connectivity index (χ3n) is 5.67. The number of carbonyl (C=O) groups excluding carboxylic acids is 1.